The van der Waals surface area contributed by atoms with Crippen LogP contribution < -0.4 is 26.4 Å². The SMILES string of the molecule is CCNC1(CN(C)c2ccc3c(n2)sc2nc(-c4ccc(N(N)C(=O)Nc5cc(C(C)(C)C)on5)cc4)cn23)CC1. The number of hydrogen-bond donors (Lipinski definition) is 3. The summed E-state index contributed by atoms with van der Waals surface area (Å²) in [6.07, 6.45) is 4.44. The molecular weight excluding hydrogens is 538 g/mol. The fourth-order valence-corrected chi connectivity index (χ4v) is 5.92. The molecule has 0 bridgehead atoms. The zero-order chi connectivity index (χ0) is 28.9. The van der Waals surface area contributed by atoms with Crippen LogP contribution in [0, 0.1) is 0 Å². The van der Waals surface area contributed by atoms with E-state index in [1.165, 1.54) is 12.8 Å². The van der Waals surface area contributed by atoms with Crippen LogP contribution in [0.2, 0.25) is 0 Å². The molecule has 11 nitrogen and oxygen atoms in total. The standard InChI is InChI=1S/C29H35N9O2S/c1-6-31-29(13-14-29)17-36(5)24-12-11-21-25(34-24)41-27-32-20(16-37(21)27)18-7-9-19(10-8-18)38(30)26(39)33-23-15-22(40-35-23)28(2,3)4/h7-12,15-16,31H,6,13-14,17,30H2,1-5H3,(H,33,35,39). The predicted octanol–water partition coefficient (Wildman–Crippen LogP) is 5.39. The Bertz CT molecular complexity index is 1710. The number of hydrogen-bond acceptors (Lipinski definition) is 9. The summed E-state index contributed by atoms with van der Waals surface area (Å²) in [6.45, 7) is 10.1. The minimum absolute atomic E-state index is 0.219. The summed E-state index contributed by atoms with van der Waals surface area (Å²) >= 11 is 1.57. The maximum absolute atomic E-state index is 12.7. The zero-order valence-corrected chi connectivity index (χ0v) is 24.7. The van der Waals surface area contributed by atoms with Gasteiger partial charge in [0.1, 0.15) is 16.4 Å². The molecule has 4 heterocycles. The van der Waals surface area contributed by atoms with Gasteiger partial charge in [0.25, 0.3) is 0 Å². The largest absolute Gasteiger partial charge is 0.359 e. The first-order chi connectivity index (χ1) is 19.5. The van der Waals surface area contributed by atoms with Crippen molar-refractivity contribution in [3.63, 3.8) is 0 Å². The highest BCUT2D eigenvalue weighted by Gasteiger charge is 2.42. The molecular formula is C29H35N9O2S. The number of carbonyl (C=O) groups excluding carboxylic acids is 1. The number of pyridine rings is 1. The van der Waals surface area contributed by atoms with Gasteiger partial charge in [-0.2, -0.15) is 0 Å². The molecule has 1 aliphatic carbocycles. The second-order valence-corrected chi connectivity index (χ2v) is 12.7. The Labute approximate surface area is 242 Å². The highest BCUT2D eigenvalue weighted by Crippen LogP contribution is 2.37. The van der Waals surface area contributed by atoms with Crippen LogP contribution in [0.3, 0.4) is 0 Å². The van der Waals surface area contributed by atoms with Crippen LogP contribution in [0.25, 0.3) is 26.6 Å². The summed E-state index contributed by atoms with van der Waals surface area (Å²) in [5.41, 5.74) is 3.31. The number of urea groups is 1. The smallest absolute Gasteiger partial charge is 0.341 e. The average Bonchev–Trinajstić information content (AvgIpc) is 3.26. The van der Waals surface area contributed by atoms with Gasteiger partial charge < -0.3 is 14.7 Å². The highest BCUT2D eigenvalue weighted by molar-refractivity contribution is 7.23. The van der Waals surface area contributed by atoms with Crippen LogP contribution in [0.15, 0.2) is 53.2 Å². The summed E-state index contributed by atoms with van der Waals surface area (Å²) in [7, 11) is 2.11. The van der Waals surface area contributed by atoms with E-state index in [1.54, 1.807) is 29.5 Å². The highest BCUT2D eigenvalue weighted by atomic mass is 32.1. The Hall–Kier alpha value is -4.00. The second kappa shape index (κ2) is 10.1. The number of nitrogens with zero attached hydrogens (tertiary/aromatic N) is 6. The van der Waals surface area contributed by atoms with Gasteiger partial charge in [0.15, 0.2) is 10.8 Å². The summed E-state index contributed by atoms with van der Waals surface area (Å²) in [4.78, 5) is 26.5. The molecule has 4 aromatic heterocycles. The van der Waals surface area contributed by atoms with Crippen molar-refractivity contribution in [1.29, 1.82) is 0 Å². The van der Waals surface area contributed by atoms with E-state index in [2.05, 4.69) is 51.2 Å². The summed E-state index contributed by atoms with van der Waals surface area (Å²) in [5.74, 6) is 8.04. The van der Waals surface area contributed by atoms with E-state index in [1.807, 2.05) is 39.1 Å². The van der Waals surface area contributed by atoms with Crippen LogP contribution in [-0.4, -0.2) is 51.2 Å². The quantitative estimate of drug-likeness (QED) is 0.128. The summed E-state index contributed by atoms with van der Waals surface area (Å²) in [5, 5.41) is 11.3. The van der Waals surface area contributed by atoms with Gasteiger partial charge in [-0.05, 0) is 43.7 Å². The molecule has 0 atom stereocenters. The normalized spacial score (nSPS) is 14.5. The molecule has 0 radical (unpaired) electrons. The van der Waals surface area contributed by atoms with Gasteiger partial charge in [0.05, 0.1) is 16.9 Å². The molecule has 0 unspecified atom stereocenters. The molecule has 1 aliphatic rings. The van der Waals surface area contributed by atoms with E-state index in [-0.39, 0.29) is 11.0 Å². The lowest BCUT2D eigenvalue weighted by Gasteiger charge is -2.25. The molecule has 5 aromatic rings. The summed E-state index contributed by atoms with van der Waals surface area (Å²) < 4.78 is 7.41. The Morgan fingerprint density at radius 1 is 1.17 bits per heavy atom. The third kappa shape index (κ3) is 5.37. The van der Waals surface area contributed by atoms with Crippen molar-refractivity contribution in [2.75, 3.05) is 35.4 Å². The van der Waals surface area contributed by atoms with Crippen molar-refractivity contribution in [2.24, 2.45) is 5.84 Å². The van der Waals surface area contributed by atoms with Crippen molar-refractivity contribution in [3.8, 4) is 11.3 Å². The maximum Gasteiger partial charge on any atom is 0.341 e. The Balaban J connectivity index is 1.15. The summed E-state index contributed by atoms with van der Waals surface area (Å²) in [6, 6.07) is 12.7. The van der Waals surface area contributed by atoms with E-state index in [9.17, 15) is 4.79 Å². The molecule has 1 aromatic carbocycles. The molecule has 2 amide bonds. The van der Waals surface area contributed by atoms with E-state index < -0.39 is 6.03 Å². The number of hydrazine groups is 1. The lowest BCUT2D eigenvalue weighted by Crippen LogP contribution is -2.41. The number of carbonyl (C=O) groups is 1. The zero-order valence-electron chi connectivity index (χ0n) is 23.9. The first-order valence-corrected chi connectivity index (χ1v) is 14.6. The van der Waals surface area contributed by atoms with Crippen molar-refractivity contribution in [1.82, 2.24) is 24.8 Å². The van der Waals surface area contributed by atoms with Crippen LogP contribution in [0.4, 0.5) is 22.1 Å². The van der Waals surface area contributed by atoms with E-state index >= 15 is 0 Å². The van der Waals surface area contributed by atoms with Crippen molar-refractivity contribution >= 4 is 50.0 Å². The van der Waals surface area contributed by atoms with Gasteiger partial charge in [-0.1, -0.05) is 56.3 Å². The number of thiazole rings is 1. The van der Waals surface area contributed by atoms with E-state index in [0.29, 0.717) is 17.3 Å². The van der Waals surface area contributed by atoms with Gasteiger partial charge in [-0.3, -0.25) is 9.72 Å². The Morgan fingerprint density at radius 3 is 2.59 bits per heavy atom. The number of anilines is 3. The van der Waals surface area contributed by atoms with Gasteiger partial charge in [0, 0.05) is 42.4 Å². The molecule has 214 valence electrons. The molecule has 4 N–H and O–H groups in total. The average molecular weight is 574 g/mol. The minimum Gasteiger partial charge on any atom is -0.359 e. The van der Waals surface area contributed by atoms with Crippen LogP contribution in [0.5, 0.6) is 0 Å². The molecule has 0 aliphatic heterocycles. The molecule has 0 saturated heterocycles. The minimum atomic E-state index is -0.521. The first kappa shape index (κ1) is 27.2. The molecule has 1 fully saturated rings. The van der Waals surface area contributed by atoms with Crippen LogP contribution in [-0.2, 0) is 5.41 Å². The molecule has 1 saturated carbocycles. The van der Waals surface area contributed by atoms with Gasteiger partial charge >= 0.3 is 6.03 Å². The van der Waals surface area contributed by atoms with Gasteiger partial charge in [0.2, 0.25) is 0 Å². The first-order valence-electron chi connectivity index (χ1n) is 13.7. The second-order valence-electron chi connectivity index (χ2n) is 11.7. The van der Waals surface area contributed by atoms with Crippen molar-refractivity contribution < 1.29 is 9.32 Å². The molecule has 0 spiro atoms. The number of rotatable bonds is 8. The molecule has 6 rings (SSSR count). The van der Waals surface area contributed by atoms with Crippen LogP contribution in [0.1, 0.15) is 46.3 Å². The fourth-order valence-electron chi connectivity index (χ4n) is 4.95. The molecule has 41 heavy (non-hydrogen) atoms. The van der Waals surface area contributed by atoms with E-state index in [0.717, 1.165) is 50.5 Å². The number of aromatic nitrogens is 4. The van der Waals surface area contributed by atoms with Gasteiger partial charge in [-0.25, -0.2) is 25.6 Å². The Kier molecular flexibility index (Phi) is 6.71. The lowest BCUT2D eigenvalue weighted by atomic mass is 9.93. The monoisotopic (exact) mass is 573 g/mol. The van der Waals surface area contributed by atoms with Crippen LogP contribution >= 0.6 is 11.3 Å². The number of imidazole rings is 1. The van der Waals surface area contributed by atoms with Crippen molar-refractivity contribution in [3.05, 3.63) is 54.4 Å². The topological polar surface area (TPSA) is 130 Å². The fraction of sp³-hybridized carbons (Fsp3) is 0.379. The lowest BCUT2D eigenvalue weighted by molar-refractivity contribution is 0.256. The maximum atomic E-state index is 12.7. The number of benzene rings is 1. The predicted molar refractivity (Wildman–Crippen MR) is 164 cm³/mol. The van der Waals surface area contributed by atoms with Gasteiger partial charge in [-0.15, -0.1) is 0 Å². The number of nitrogens with two attached hydrogens (primary N) is 1. The number of fused-ring (bicyclic) bond motifs is 3. The van der Waals surface area contributed by atoms with E-state index in [4.69, 9.17) is 20.3 Å². The third-order valence-electron chi connectivity index (χ3n) is 7.43. The number of amides is 2. The van der Waals surface area contributed by atoms with Crippen molar-refractivity contribution in [2.45, 2.75) is 51.5 Å². The molecule has 12 heteroatoms. The number of likely N-dealkylation sites (N-methyl/N-ethyl adjacent to an activating group) is 2. The third-order valence-corrected chi connectivity index (χ3v) is 8.39. The Morgan fingerprint density at radius 2 is 1.93 bits per heavy atom. The number of nitrogens with one attached hydrogen (secondary N) is 2.